The van der Waals surface area contributed by atoms with Crippen LogP contribution in [-0.4, -0.2) is 107 Å². The van der Waals surface area contributed by atoms with Crippen LogP contribution in [0.2, 0.25) is 0 Å². The van der Waals surface area contributed by atoms with Gasteiger partial charge < -0.3 is 15.3 Å². The molecule has 0 aromatic rings. The Morgan fingerprint density at radius 3 is 1.58 bits per heavy atom. The van der Waals surface area contributed by atoms with Gasteiger partial charge in [0.2, 0.25) is 0 Å². The summed E-state index contributed by atoms with van der Waals surface area (Å²) in [4.78, 5) is 37.6. The quantitative estimate of drug-likeness (QED) is 0.332. The van der Waals surface area contributed by atoms with Crippen molar-refractivity contribution in [3.05, 3.63) is 12.7 Å². The van der Waals surface area contributed by atoms with Crippen LogP contribution in [0, 0.1) is 0 Å². The van der Waals surface area contributed by atoms with Crippen LogP contribution in [0.4, 0.5) is 0 Å². The van der Waals surface area contributed by atoms with Crippen LogP contribution >= 0.6 is 0 Å². The number of rotatable bonds is 15. The van der Waals surface area contributed by atoms with Crippen molar-refractivity contribution in [1.82, 2.24) is 14.7 Å². The zero-order valence-corrected chi connectivity index (χ0v) is 14.1. The summed E-state index contributed by atoms with van der Waals surface area (Å²) in [6.07, 6.45) is 1.59. The van der Waals surface area contributed by atoms with Crippen LogP contribution in [-0.2, 0) is 14.4 Å². The molecule has 9 nitrogen and oxygen atoms in total. The molecule has 0 bridgehead atoms. The van der Waals surface area contributed by atoms with Crippen LogP contribution < -0.4 is 0 Å². The molecule has 0 radical (unpaired) electrons. The minimum atomic E-state index is -0.982. The normalized spacial score (nSPS) is 11.2. The summed E-state index contributed by atoms with van der Waals surface area (Å²) in [5, 5.41) is 26.7. The zero-order chi connectivity index (χ0) is 18.5. The van der Waals surface area contributed by atoms with Gasteiger partial charge in [0.15, 0.2) is 0 Å². The molecule has 0 aliphatic carbocycles. The fourth-order valence-electron chi connectivity index (χ4n) is 2.18. The second-order valence-electron chi connectivity index (χ2n) is 5.35. The topological polar surface area (TPSA) is 122 Å². The summed E-state index contributed by atoms with van der Waals surface area (Å²) >= 11 is 0. The Morgan fingerprint density at radius 2 is 1.17 bits per heavy atom. The molecule has 0 rings (SSSR count). The maximum absolute atomic E-state index is 11.0. The van der Waals surface area contributed by atoms with E-state index in [1.807, 2.05) is 6.92 Å². The van der Waals surface area contributed by atoms with Crippen LogP contribution in [0.1, 0.15) is 6.92 Å². The van der Waals surface area contributed by atoms with Crippen molar-refractivity contribution in [2.45, 2.75) is 6.92 Å². The largest absolute Gasteiger partial charge is 0.480 e. The number of likely N-dealkylation sites (N-methyl/N-ethyl adjacent to an activating group) is 1. The number of carbonyl (C=O) groups is 3. The third kappa shape index (κ3) is 11.6. The summed E-state index contributed by atoms with van der Waals surface area (Å²) in [6.45, 7) is 7.51. The summed E-state index contributed by atoms with van der Waals surface area (Å²) < 4.78 is 0. The SMILES string of the molecule is C=CCN(CCN(CCN(CC)CC(=O)O)CC(=O)O)CC(=O)O. The molecular weight excluding hydrogens is 318 g/mol. The zero-order valence-electron chi connectivity index (χ0n) is 14.1. The lowest BCUT2D eigenvalue weighted by atomic mass is 10.3. The number of aliphatic carboxylic acids is 3. The van der Waals surface area contributed by atoms with Crippen molar-refractivity contribution in [2.24, 2.45) is 0 Å². The van der Waals surface area contributed by atoms with Gasteiger partial charge in [-0.25, -0.2) is 0 Å². The predicted octanol–water partition coefficient (Wildman–Crippen LogP) is -0.648. The fourth-order valence-corrected chi connectivity index (χ4v) is 2.18. The lowest BCUT2D eigenvalue weighted by Gasteiger charge is -2.27. The third-order valence-electron chi connectivity index (χ3n) is 3.38. The molecular formula is C15H27N3O6. The van der Waals surface area contributed by atoms with Crippen molar-refractivity contribution in [1.29, 1.82) is 0 Å². The minimum absolute atomic E-state index is 0.0982. The lowest BCUT2D eigenvalue weighted by Crippen LogP contribution is -2.43. The molecule has 0 saturated carbocycles. The highest BCUT2D eigenvalue weighted by Gasteiger charge is 2.15. The van der Waals surface area contributed by atoms with Gasteiger partial charge >= 0.3 is 17.9 Å². The Labute approximate surface area is 141 Å². The number of nitrogens with zero attached hydrogens (tertiary/aromatic N) is 3. The Hall–Kier alpha value is -1.97. The van der Waals surface area contributed by atoms with Crippen molar-refractivity contribution < 1.29 is 29.7 Å². The first-order chi connectivity index (χ1) is 11.3. The summed E-state index contributed by atoms with van der Waals surface area (Å²) in [5.74, 6) is -2.87. The molecule has 0 aliphatic rings. The van der Waals surface area contributed by atoms with Crippen LogP contribution in [0.15, 0.2) is 12.7 Å². The van der Waals surface area contributed by atoms with E-state index in [4.69, 9.17) is 15.3 Å². The van der Waals surface area contributed by atoms with Crippen molar-refractivity contribution in [2.75, 3.05) is 58.9 Å². The monoisotopic (exact) mass is 345 g/mol. The molecule has 0 atom stereocenters. The second-order valence-corrected chi connectivity index (χ2v) is 5.35. The number of hydrogen-bond acceptors (Lipinski definition) is 6. The molecule has 0 aromatic carbocycles. The molecule has 24 heavy (non-hydrogen) atoms. The van der Waals surface area contributed by atoms with E-state index >= 15 is 0 Å². The molecule has 0 heterocycles. The molecule has 0 aromatic heterocycles. The average molecular weight is 345 g/mol. The van der Waals surface area contributed by atoms with Gasteiger partial charge in [0.1, 0.15) is 0 Å². The Balaban J connectivity index is 4.57. The van der Waals surface area contributed by atoms with Crippen molar-refractivity contribution >= 4 is 17.9 Å². The van der Waals surface area contributed by atoms with E-state index in [0.29, 0.717) is 39.3 Å². The molecule has 3 N–H and O–H groups in total. The first kappa shape index (κ1) is 22.0. The number of hydrogen-bond donors (Lipinski definition) is 3. The second kappa shape index (κ2) is 12.5. The maximum Gasteiger partial charge on any atom is 0.317 e. The van der Waals surface area contributed by atoms with E-state index in [-0.39, 0.29) is 19.6 Å². The smallest absolute Gasteiger partial charge is 0.317 e. The van der Waals surface area contributed by atoms with Crippen LogP contribution in [0.25, 0.3) is 0 Å². The summed E-state index contributed by atoms with van der Waals surface area (Å²) in [7, 11) is 0. The molecule has 0 unspecified atom stereocenters. The van der Waals surface area contributed by atoms with Crippen molar-refractivity contribution in [3.63, 3.8) is 0 Å². The van der Waals surface area contributed by atoms with E-state index < -0.39 is 17.9 Å². The van der Waals surface area contributed by atoms with Gasteiger partial charge in [-0.1, -0.05) is 13.0 Å². The first-order valence-electron chi connectivity index (χ1n) is 7.71. The summed E-state index contributed by atoms with van der Waals surface area (Å²) in [6, 6.07) is 0. The number of carboxylic acids is 3. The van der Waals surface area contributed by atoms with Gasteiger partial charge in [-0.2, -0.15) is 0 Å². The molecule has 0 aliphatic heterocycles. The molecule has 0 saturated heterocycles. The standard InChI is InChI=1S/C15H27N3O6/c1-3-5-17(11-14(21)22)8-9-18(12-15(23)24)7-6-16(4-2)10-13(19)20/h3H,1,4-12H2,2H3,(H,19,20)(H,21,22)(H,23,24). The number of carboxylic acid groups (broad SMARTS) is 3. The van der Waals surface area contributed by atoms with E-state index in [0.717, 1.165) is 0 Å². The summed E-state index contributed by atoms with van der Waals surface area (Å²) in [5.41, 5.74) is 0. The van der Waals surface area contributed by atoms with Gasteiger partial charge in [0.25, 0.3) is 0 Å². The van der Waals surface area contributed by atoms with Crippen LogP contribution in [0.5, 0.6) is 0 Å². The van der Waals surface area contributed by atoms with E-state index in [1.165, 1.54) is 0 Å². The maximum atomic E-state index is 11.0. The fraction of sp³-hybridized carbons (Fsp3) is 0.667. The van der Waals surface area contributed by atoms with Gasteiger partial charge in [0, 0.05) is 32.7 Å². The van der Waals surface area contributed by atoms with Crippen LogP contribution in [0.3, 0.4) is 0 Å². The average Bonchev–Trinajstić information content (AvgIpc) is 2.47. The molecule has 9 heteroatoms. The Morgan fingerprint density at radius 1 is 0.792 bits per heavy atom. The van der Waals surface area contributed by atoms with Gasteiger partial charge in [-0.15, -0.1) is 6.58 Å². The lowest BCUT2D eigenvalue weighted by molar-refractivity contribution is -0.140. The van der Waals surface area contributed by atoms with E-state index in [9.17, 15) is 14.4 Å². The Kier molecular flexibility index (Phi) is 11.4. The molecule has 0 spiro atoms. The molecule has 0 amide bonds. The van der Waals surface area contributed by atoms with Gasteiger partial charge in [-0.05, 0) is 6.54 Å². The highest BCUT2D eigenvalue weighted by Crippen LogP contribution is 1.96. The molecule has 138 valence electrons. The third-order valence-corrected chi connectivity index (χ3v) is 3.38. The van der Waals surface area contributed by atoms with E-state index in [1.54, 1.807) is 20.8 Å². The van der Waals surface area contributed by atoms with Gasteiger partial charge in [-0.3, -0.25) is 29.1 Å². The Bertz CT molecular complexity index is 429. The highest BCUT2D eigenvalue weighted by atomic mass is 16.4. The van der Waals surface area contributed by atoms with Crippen molar-refractivity contribution in [3.8, 4) is 0 Å². The minimum Gasteiger partial charge on any atom is -0.480 e. The van der Waals surface area contributed by atoms with Gasteiger partial charge in [0.05, 0.1) is 19.6 Å². The van der Waals surface area contributed by atoms with E-state index in [2.05, 4.69) is 6.58 Å². The predicted molar refractivity (Wildman–Crippen MR) is 88.1 cm³/mol. The highest BCUT2D eigenvalue weighted by molar-refractivity contribution is 5.69. The first-order valence-corrected chi connectivity index (χ1v) is 7.71. The molecule has 0 fully saturated rings.